The summed E-state index contributed by atoms with van der Waals surface area (Å²) in [7, 11) is 4.16. The van der Waals surface area contributed by atoms with Crippen LogP contribution < -0.4 is 73.6 Å². The molecule has 1 unspecified atom stereocenters. The fraction of sp³-hybridized carbons (Fsp3) is 0.381. The Labute approximate surface area is 220 Å². The SMILES string of the molecule is C[C@H]1[CH-]OC(Sc2cccc(OCc3ccc(CN(C)C)cc3)c2)C1.[Cs+]. The normalized spacial score (nSPS) is 19.4. The van der Waals surface area contributed by atoms with Crippen LogP contribution in [0, 0.1) is 12.5 Å². The summed E-state index contributed by atoms with van der Waals surface area (Å²) in [5.41, 5.74) is 2.72. The van der Waals surface area contributed by atoms with Crippen LogP contribution in [0.15, 0.2) is 53.4 Å². The van der Waals surface area contributed by atoms with E-state index in [-0.39, 0.29) is 74.3 Å². The summed E-state index contributed by atoms with van der Waals surface area (Å²) in [6.45, 7) is 5.67. The predicted octanol–water partition coefficient (Wildman–Crippen LogP) is 1.97. The maximum Gasteiger partial charge on any atom is 1.00 e. The Morgan fingerprint density at radius 2 is 1.88 bits per heavy atom. The molecule has 3 rings (SSSR count). The van der Waals surface area contributed by atoms with Gasteiger partial charge < -0.3 is 14.4 Å². The van der Waals surface area contributed by atoms with E-state index in [1.165, 1.54) is 16.0 Å². The summed E-state index contributed by atoms with van der Waals surface area (Å²) < 4.78 is 11.6. The predicted molar refractivity (Wildman–Crippen MR) is 103 cm³/mol. The third-order valence-corrected chi connectivity index (χ3v) is 5.12. The molecule has 1 heterocycles. The van der Waals surface area contributed by atoms with E-state index in [9.17, 15) is 0 Å². The van der Waals surface area contributed by atoms with Crippen LogP contribution in [-0.4, -0.2) is 24.4 Å². The molecule has 5 heteroatoms. The van der Waals surface area contributed by atoms with Gasteiger partial charge in [-0.15, -0.1) is 5.92 Å². The maximum absolute atomic E-state index is 5.97. The van der Waals surface area contributed by atoms with Gasteiger partial charge in [-0.25, -0.2) is 6.61 Å². The van der Waals surface area contributed by atoms with Gasteiger partial charge in [0.05, 0.1) is 5.44 Å². The smallest absolute Gasteiger partial charge is 0.542 e. The Balaban J connectivity index is 0.00000243. The first-order valence-corrected chi connectivity index (χ1v) is 9.57. The molecule has 1 aliphatic rings. The van der Waals surface area contributed by atoms with Crippen molar-refractivity contribution < 1.29 is 78.4 Å². The molecule has 2 atom stereocenters. The first kappa shape index (κ1) is 22.8. The number of ether oxygens (including phenoxy) is 2. The van der Waals surface area contributed by atoms with Crippen molar-refractivity contribution in [1.29, 1.82) is 0 Å². The van der Waals surface area contributed by atoms with E-state index < -0.39 is 0 Å². The quantitative estimate of drug-likeness (QED) is 0.555. The molecule has 2 aromatic carbocycles. The summed E-state index contributed by atoms with van der Waals surface area (Å²) in [5, 5.41) is 0. The third-order valence-electron chi connectivity index (χ3n) is 4.03. The van der Waals surface area contributed by atoms with E-state index >= 15 is 0 Å². The summed E-state index contributed by atoms with van der Waals surface area (Å²) >= 11 is 1.76. The summed E-state index contributed by atoms with van der Waals surface area (Å²) in [5.74, 6) is 1.43. The third kappa shape index (κ3) is 7.53. The number of rotatable bonds is 7. The van der Waals surface area contributed by atoms with Gasteiger partial charge in [0.2, 0.25) is 0 Å². The molecular weight excluding hydrogens is 463 g/mol. The van der Waals surface area contributed by atoms with Crippen LogP contribution in [0.25, 0.3) is 0 Å². The first-order chi connectivity index (χ1) is 12.1. The minimum Gasteiger partial charge on any atom is -0.542 e. The zero-order chi connectivity index (χ0) is 17.6. The first-order valence-electron chi connectivity index (χ1n) is 8.69. The average Bonchev–Trinajstić information content (AvgIpc) is 2.99. The van der Waals surface area contributed by atoms with Gasteiger partial charge in [-0.05, 0) is 49.8 Å². The van der Waals surface area contributed by atoms with Gasteiger partial charge in [0.15, 0.2) is 0 Å². The second-order valence-electron chi connectivity index (χ2n) is 6.85. The van der Waals surface area contributed by atoms with Gasteiger partial charge in [0.25, 0.3) is 0 Å². The van der Waals surface area contributed by atoms with E-state index in [4.69, 9.17) is 9.47 Å². The van der Waals surface area contributed by atoms with Crippen molar-refractivity contribution in [2.45, 2.75) is 36.8 Å². The number of hydrogen-bond acceptors (Lipinski definition) is 4. The topological polar surface area (TPSA) is 21.7 Å². The Kier molecular flexibility index (Phi) is 10.1. The molecule has 3 nitrogen and oxygen atoms in total. The molecule has 0 aromatic heterocycles. The molecular formula is C21H26CsNO2S. The average molecular weight is 489 g/mol. The van der Waals surface area contributed by atoms with Crippen LogP contribution in [0.2, 0.25) is 0 Å². The van der Waals surface area contributed by atoms with Crippen molar-refractivity contribution in [1.82, 2.24) is 4.90 Å². The largest absolute Gasteiger partial charge is 1.00 e. The Bertz CT molecular complexity index is 678. The number of benzene rings is 2. The van der Waals surface area contributed by atoms with Crippen molar-refractivity contribution in [2.75, 3.05) is 14.1 Å². The van der Waals surface area contributed by atoms with E-state index in [0.717, 1.165) is 18.7 Å². The Morgan fingerprint density at radius 1 is 1.15 bits per heavy atom. The molecule has 0 bridgehead atoms. The molecule has 0 N–H and O–H groups in total. The van der Waals surface area contributed by atoms with E-state index in [0.29, 0.717) is 12.5 Å². The van der Waals surface area contributed by atoms with E-state index in [1.807, 2.05) is 18.7 Å². The molecule has 0 radical (unpaired) electrons. The van der Waals surface area contributed by atoms with Crippen LogP contribution >= 0.6 is 11.8 Å². The Morgan fingerprint density at radius 3 is 2.54 bits per heavy atom. The summed E-state index contributed by atoms with van der Waals surface area (Å²) in [6.07, 6.45) is 1.06. The van der Waals surface area contributed by atoms with E-state index in [2.05, 4.69) is 62.3 Å². The number of nitrogens with zero attached hydrogens (tertiary/aromatic N) is 1. The molecule has 0 spiro atoms. The number of thioether (sulfide) groups is 1. The molecule has 1 saturated heterocycles. The van der Waals surface area contributed by atoms with Crippen molar-refractivity contribution in [3.05, 3.63) is 66.3 Å². The standard InChI is InChI=1S/C21H26NO2S.Cs/c1-16-11-21(24-14-16)25-20-6-4-5-19(12-20)23-15-18-9-7-17(8-10-18)13-22(2)3;/h4-10,12,14,16,21H,11,13,15H2,1-3H3;/q-1;+1/t16-,21?;/m1./s1. The van der Waals surface area contributed by atoms with Gasteiger partial charge in [0, 0.05) is 11.4 Å². The zero-order valence-corrected chi connectivity index (χ0v) is 23.2. The van der Waals surface area contributed by atoms with Crippen molar-refractivity contribution >= 4 is 11.8 Å². The summed E-state index contributed by atoms with van der Waals surface area (Å²) in [6, 6.07) is 16.9. The van der Waals surface area contributed by atoms with Crippen molar-refractivity contribution in [3.63, 3.8) is 0 Å². The maximum atomic E-state index is 5.97. The second-order valence-corrected chi connectivity index (χ2v) is 8.08. The van der Waals surface area contributed by atoms with Crippen LogP contribution in [0.3, 0.4) is 0 Å². The fourth-order valence-electron chi connectivity index (χ4n) is 2.77. The molecule has 1 fully saturated rings. The fourth-order valence-corrected chi connectivity index (χ4v) is 3.94. The van der Waals surface area contributed by atoms with Crippen LogP contribution in [0.4, 0.5) is 0 Å². The van der Waals surface area contributed by atoms with Gasteiger partial charge in [0.1, 0.15) is 12.4 Å². The van der Waals surface area contributed by atoms with Gasteiger partial charge >= 0.3 is 68.9 Å². The molecule has 26 heavy (non-hydrogen) atoms. The second kappa shape index (κ2) is 11.5. The van der Waals surface area contributed by atoms with Gasteiger partial charge in [-0.3, -0.25) is 0 Å². The van der Waals surface area contributed by atoms with Gasteiger partial charge in [-0.2, -0.15) is 0 Å². The monoisotopic (exact) mass is 489 g/mol. The van der Waals surface area contributed by atoms with Crippen LogP contribution in [-0.2, 0) is 17.9 Å². The zero-order valence-electron chi connectivity index (χ0n) is 16.1. The van der Waals surface area contributed by atoms with E-state index in [1.54, 1.807) is 11.8 Å². The summed E-state index contributed by atoms with van der Waals surface area (Å²) in [4.78, 5) is 3.35. The van der Waals surface area contributed by atoms with Crippen LogP contribution in [0.5, 0.6) is 5.75 Å². The van der Waals surface area contributed by atoms with Crippen molar-refractivity contribution in [2.24, 2.45) is 5.92 Å². The molecule has 134 valence electrons. The van der Waals surface area contributed by atoms with Crippen LogP contribution in [0.1, 0.15) is 24.5 Å². The minimum atomic E-state index is 0. The van der Waals surface area contributed by atoms with Crippen molar-refractivity contribution in [3.8, 4) is 5.75 Å². The molecule has 0 aliphatic carbocycles. The minimum absolute atomic E-state index is 0. The number of hydrogen-bond donors (Lipinski definition) is 0. The molecule has 1 aliphatic heterocycles. The molecule has 0 amide bonds. The molecule has 0 saturated carbocycles. The van der Waals surface area contributed by atoms with Gasteiger partial charge in [-0.1, -0.05) is 49.0 Å². The molecule has 2 aromatic rings. The Hall–Kier alpha value is 0.562.